The first-order chi connectivity index (χ1) is 8.22. The molecule has 2 rings (SSSR count). The molecule has 0 spiro atoms. The molecule has 0 aliphatic rings. The van der Waals surface area contributed by atoms with Gasteiger partial charge in [0.15, 0.2) is 0 Å². The Hall–Kier alpha value is -1.15. The van der Waals surface area contributed by atoms with Crippen molar-refractivity contribution in [3.63, 3.8) is 0 Å². The molecule has 88 valence electrons. The minimum absolute atomic E-state index is 0.557. The Morgan fingerprint density at radius 1 is 1.29 bits per heavy atom. The quantitative estimate of drug-likeness (QED) is 0.749. The molecule has 0 aliphatic heterocycles. The Kier molecular flexibility index (Phi) is 3.95. The zero-order valence-electron chi connectivity index (χ0n) is 10.2. The summed E-state index contributed by atoms with van der Waals surface area (Å²) in [6.45, 7) is 4.44. The molecule has 17 heavy (non-hydrogen) atoms. The fourth-order valence-electron chi connectivity index (χ4n) is 1.80. The number of pyridine rings is 1. The van der Waals surface area contributed by atoms with E-state index in [2.05, 4.69) is 65.1 Å². The van der Waals surface area contributed by atoms with Crippen LogP contribution >= 0.6 is 15.9 Å². The van der Waals surface area contributed by atoms with Crippen molar-refractivity contribution >= 4 is 32.9 Å². The fourth-order valence-corrected chi connectivity index (χ4v) is 2.61. The summed E-state index contributed by atoms with van der Waals surface area (Å²) in [6.07, 6.45) is 4.14. The van der Waals surface area contributed by atoms with Gasteiger partial charge < -0.3 is 0 Å². The largest absolute Gasteiger partial charge is 0.256 e. The highest BCUT2D eigenvalue weighted by molar-refractivity contribution is 9.09. The minimum Gasteiger partial charge on any atom is -0.256 e. The number of aromatic nitrogens is 1. The van der Waals surface area contributed by atoms with Gasteiger partial charge >= 0.3 is 0 Å². The first-order valence-corrected chi connectivity index (χ1v) is 6.94. The van der Waals surface area contributed by atoms with E-state index in [4.69, 9.17) is 0 Å². The lowest BCUT2D eigenvalue weighted by Gasteiger charge is -2.09. The van der Waals surface area contributed by atoms with Crippen LogP contribution in [-0.2, 0) is 0 Å². The van der Waals surface area contributed by atoms with Crippen LogP contribution in [0, 0.1) is 5.92 Å². The number of para-hydroxylation sites is 1. The van der Waals surface area contributed by atoms with Crippen molar-refractivity contribution < 1.29 is 0 Å². The van der Waals surface area contributed by atoms with E-state index in [0.29, 0.717) is 5.92 Å². The summed E-state index contributed by atoms with van der Waals surface area (Å²) in [7, 11) is 0. The first-order valence-electron chi connectivity index (χ1n) is 5.82. The summed E-state index contributed by atoms with van der Waals surface area (Å²) in [5.74, 6) is 0.557. The maximum Gasteiger partial charge on any atom is 0.0707 e. The number of benzene rings is 1. The van der Waals surface area contributed by atoms with Gasteiger partial charge in [-0.3, -0.25) is 4.98 Å². The molecule has 1 heterocycles. The Bertz CT molecular complexity index is 538. The van der Waals surface area contributed by atoms with Gasteiger partial charge in [-0.2, -0.15) is 0 Å². The van der Waals surface area contributed by atoms with E-state index in [1.807, 2.05) is 12.3 Å². The summed E-state index contributed by atoms with van der Waals surface area (Å²) < 4.78 is 0. The van der Waals surface area contributed by atoms with Crippen LogP contribution in [0.4, 0.5) is 0 Å². The second kappa shape index (κ2) is 5.46. The van der Waals surface area contributed by atoms with Crippen LogP contribution < -0.4 is 0 Å². The average molecular weight is 290 g/mol. The smallest absolute Gasteiger partial charge is 0.0707 e. The number of halogens is 1. The van der Waals surface area contributed by atoms with Crippen molar-refractivity contribution in [2.75, 3.05) is 5.33 Å². The van der Waals surface area contributed by atoms with Gasteiger partial charge in [-0.05, 0) is 23.6 Å². The van der Waals surface area contributed by atoms with Crippen LogP contribution in [0.3, 0.4) is 0 Å². The SMILES string of the molecule is CC(C)C(=Cc1ccnc2ccccc12)CBr. The minimum atomic E-state index is 0.557. The highest BCUT2D eigenvalue weighted by atomic mass is 79.9. The first kappa shape index (κ1) is 12.3. The Morgan fingerprint density at radius 3 is 2.76 bits per heavy atom. The van der Waals surface area contributed by atoms with E-state index in [0.717, 1.165) is 10.8 Å². The van der Waals surface area contributed by atoms with Gasteiger partial charge in [-0.15, -0.1) is 0 Å². The molecule has 0 N–H and O–H groups in total. The fraction of sp³-hybridized carbons (Fsp3) is 0.267. The zero-order chi connectivity index (χ0) is 12.3. The molecule has 0 radical (unpaired) electrons. The molecule has 1 aromatic heterocycles. The normalized spacial score (nSPS) is 12.4. The molecule has 0 aliphatic carbocycles. The van der Waals surface area contributed by atoms with Gasteiger partial charge in [-0.1, -0.05) is 59.6 Å². The lowest BCUT2D eigenvalue weighted by Crippen LogP contribution is -1.95. The topological polar surface area (TPSA) is 12.9 Å². The third kappa shape index (κ3) is 2.75. The van der Waals surface area contributed by atoms with E-state index < -0.39 is 0 Å². The molecular weight excluding hydrogens is 274 g/mol. The van der Waals surface area contributed by atoms with Gasteiger partial charge in [0, 0.05) is 16.9 Å². The van der Waals surface area contributed by atoms with Crippen molar-refractivity contribution in [2.45, 2.75) is 13.8 Å². The van der Waals surface area contributed by atoms with Gasteiger partial charge in [0.05, 0.1) is 5.52 Å². The second-order valence-corrected chi connectivity index (χ2v) is 4.99. The second-order valence-electron chi connectivity index (χ2n) is 4.42. The molecular formula is C15H16BrN. The molecule has 1 aromatic carbocycles. The van der Waals surface area contributed by atoms with E-state index in [1.54, 1.807) is 0 Å². The summed E-state index contributed by atoms with van der Waals surface area (Å²) in [5, 5.41) is 2.13. The standard InChI is InChI=1S/C15H16BrN/c1-11(2)13(10-16)9-12-7-8-17-15-6-4-3-5-14(12)15/h3-9,11H,10H2,1-2H3. The van der Waals surface area contributed by atoms with Gasteiger partial charge in [0.25, 0.3) is 0 Å². The van der Waals surface area contributed by atoms with Crippen LogP contribution in [0.25, 0.3) is 17.0 Å². The van der Waals surface area contributed by atoms with Gasteiger partial charge in [0.1, 0.15) is 0 Å². The monoisotopic (exact) mass is 289 g/mol. The van der Waals surface area contributed by atoms with Crippen LogP contribution in [0.1, 0.15) is 19.4 Å². The molecule has 0 saturated carbocycles. The summed E-state index contributed by atoms with van der Waals surface area (Å²) in [4.78, 5) is 4.38. The average Bonchev–Trinajstić information content (AvgIpc) is 2.35. The summed E-state index contributed by atoms with van der Waals surface area (Å²) in [5.41, 5.74) is 3.71. The maximum absolute atomic E-state index is 4.38. The highest BCUT2D eigenvalue weighted by Crippen LogP contribution is 2.22. The van der Waals surface area contributed by atoms with Crippen LogP contribution in [0.5, 0.6) is 0 Å². The number of fused-ring (bicyclic) bond motifs is 1. The van der Waals surface area contributed by atoms with E-state index in [9.17, 15) is 0 Å². The van der Waals surface area contributed by atoms with E-state index in [1.165, 1.54) is 16.5 Å². The third-order valence-electron chi connectivity index (χ3n) is 2.92. The van der Waals surface area contributed by atoms with E-state index >= 15 is 0 Å². The Labute approximate surface area is 111 Å². The van der Waals surface area contributed by atoms with Crippen LogP contribution in [0.15, 0.2) is 42.1 Å². The van der Waals surface area contributed by atoms with Crippen molar-refractivity contribution in [1.29, 1.82) is 0 Å². The van der Waals surface area contributed by atoms with Gasteiger partial charge in [-0.25, -0.2) is 0 Å². The number of alkyl halides is 1. The molecule has 0 saturated heterocycles. The molecule has 0 fully saturated rings. The van der Waals surface area contributed by atoms with Crippen LogP contribution in [0.2, 0.25) is 0 Å². The number of hydrogen-bond donors (Lipinski definition) is 0. The molecule has 0 atom stereocenters. The Morgan fingerprint density at radius 2 is 2.06 bits per heavy atom. The summed E-state index contributed by atoms with van der Waals surface area (Å²) in [6, 6.07) is 10.3. The molecule has 0 amide bonds. The lowest BCUT2D eigenvalue weighted by molar-refractivity contribution is 0.781. The Balaban J connectivity index is 2.56. The van der Waals surface area contributed by atoms with Crippen LogP contribution in [-0.4, -0.2) is 10.3 Å². The molecule has 1 nitrogen and oxygen atoms in total. The number of hydrogen-bond acceptors (Lipinski definition) is 1. The summed E-state index contributed by atoms with van der Waals surface area (Å²) >= 11 is 3.55. The molecule has 0 bridgehead atoms. The zero-order valence-corrected chi connectivity index (χ0v) is 11.7. The van der Waals surface area contributed by atoms with Crippen molar-refractivity contribution in [1.82, 2.24) is 4.98 Å². The van der Waals surface area contributed by atoms with Gasteiger partial charge in [0.2, 0.25) is 0 Å². The lowest BCUT2D eigenvalue weighted by atomic mass is 10.0. The predicted molar refractivity (Wildman–Crippen MR) is 78.4 cm³/mol. The highest BCUT2D eigenvalue weighted by Gasteiger charge is 2.04. The molecule has 2 aromatic rings. The number of nitrogens with zero attached hydrogens (tertiary/aromatic N) is 1. The third-order valence-corrected chi connectivity index (χ3v) is 3.57. The molecule has 0 unspecified atom stereocenters. The van der Waals surface area contributed by atoms with Crippen molar-refractivity contribution in [3.8, 4) is 0 Å². The number of allylic oxidation sites excluding steroid dienone is 1. The van der Waals surface area contributed by atoms with Crippen molar-refractivity contribution in [2.24, 2.45) is 5.92 Å². The van der Waals surface area contributed by atoms with Crippen molar-refractivity contribution in [3.05, 3.63) is 47.7 Å². The predicted octanol–water partition coefficient (Wildman–Crippen LogP) is 4.67. The maximum atomic E-state index is 4.38. The number of rotatable bonds is 3. The molecule has 2 heteroatoms. The van der Waals surface area contributed by atoms with E-state index in [-0.39, 0.29) is 0 Å².